The largest absolute Gasteiger partial charge is 0.332 e. The number of imidazole rings is 1. The Balaban J connectivity index is 2.01. The molecule has 0 saturated carbocycles. The average Bonchev–Trinajstić information content (AvgIpc) is 2.90. The molecule has 136 valence electrons. The van der Waals surface area contributed by atoms with Crippen molar-refractivity contribution in [3.8, 4) is 0 Å². The highest BCUT2D eigenvalue weighted by atomic mass is 79.9. The van der Waals surface area contributed by atoms with Crippen molar-refractivity contribution in [1.82, 2.24) is 18.7 Å². The number of benzene rings is 1. The fourth-order valence-electron chi connectivity index (χ4n) is 2.62. The predicted octanol–water partition coefficient (Wildman–Crippen LogP) is 1.80. The Labute approximate surface area is 161 Å². The Morgan fingerprint density at radius 2 is 1.96 bits per heavy atom. The van der Waals surface area contributed by atoms with Crippen LogP contribution in [0.4, 0.5) is 5.69 Å². The fraction of sp³-hybridized carbons (Fsp3) is 0.250. The molecule has 0 fully saturated rings. The second-order valence-electron chi connectivity index (χ2n) is 5.88. The Hall–Kier alpha value is -2.39. The van der Waals surface area contributed by atoms with Gasteiger partial charge in [-0.3, -0.25) is 23.3 Å². The smallest absolute Gasteiger partial charge is 0.324 e. The monoisotopic (exact) mass is 439 g/mol. The minimum atomic E-state index is -0.563. The summed E-state index contributed by atoms with van der Waals surface area (Å²) in [6, 6.07) is 5.51. The van der Waals surface area contributed by atoms with E-state index < -0.39 is 11.2 Å². The molecular formula is C16H15BrClN5O3. The number of halogens is 2. The topological polar surface area (TPSA) is 90.9 Å². The molecule has 8 nitrogen and oxygen atoms in total. The number of anilines is 1. The molecule has 0 aliphatic heterocycles. The molecule has 0 unspecified atom stereocenters. The van der Waals surface area contributed by atoms with E-state index >= 15 is 0 Å². The van der Waals surface area contributed by atoms with Crippen molar-refractivity contribution in [2.45, 2.75) is 13.5 Å². The van der Waals surface area contributed by atoms with E-state index in [1.807, 2.05) is 19.1 Å². The van der Waals surface area contributed by atoms with Crippen LogP contribution in [0.1, 0.15) is 5.56 Å². The van der Waals surface area contributed by atoms with Crippen LogP contribution in [0, 0.1) is 6.92 Å². The van der Waals surface area contributed by atoms with Crippen molar-refractivity contribution in [3.63, 3.8) is 0 Å². The summed E-state index contributed by atoms with van der Waals surface area (Å²) >= 11 is 9.51. The molecule has 0 aliphatic rings. The Bertz CT molecular complexity index is 1160. The summed E-state index contributed by atoms with van der Waals surface area (Å²) in [6.45, 7) is 1.72. The number of rotatable bonds is 3. The van der Waals surface area contributed by atoms with Gasteiger partial charge in [-0.15, -0.1) is 0 Å². The highest BCUT2D eigenvalue weighted by Crippen LogP contribution is 2.23. The first kappa shape index (κ1) is 18.4. The van der Waals surface area contributed by atoms with Crippen molar-refractivity contribution < 1.29 is 4.79 Å². The molecule has 1 amide bonds. The zero-order valence-electron chi connectivity index (χ0n) is 14.2. The Morgan fingerprint density at radius 3 is 2.62 bits per heavy atom. The van der Waals surface area contributed by atoms with Crippen LogP contribution in [0.2, 0.25) is 5.28 Å². The maximum atomic E-state index is 12.5. The van der Waals surface area contributed by atoms with Crippen molar-refractivity contribution in [3.05, 3.63) is 54.4 Å². The maximum absolute atomic E-state index is 12.5. The molecule has 0 spiro atoms. The number of aromatic nitrogens is 4. The van der Waals surface area contributed by atoms with Gasteiger partial charge in [0.2, 0.25) is 11.2 Å². The lowest BCUT2D eigenvalue weighted by atomic mass is 10.2. The Kier molecular flexibility index (Phi) is 4.76. The minimum Gasteiger partial charge on any atom is -0.324 e. The molecule has 0 aliphatic carbocycles. The van der Waals surface area contributed by atoms with Gasteiger partial charge in [0.25, 0.3) is 5.56 Å². The molecular weight excluding hydrogens is 426 g/mol. The molecule has 0 bridgehead atoms. The zero-order chi connectivity index (χ0) is 19.2. The molecule has 2 heterocycles. The third-order valence-electron chi connectivity index (χ3n) is 4.00. The highest BCUT2D eigenvalue weighted by molar-refractivity contribution is 9.10. The van der Waals surface area contributed by atoms with E-state index in [9.17, 15) is 14.4 Å². The normalized spacial score (nSPS) is 11.1. The third-order valence-corrected chi connectivity index (χ3v) is 4.95. The van der Waals surface area contributed by atoms with Gasteiger partial charge in [0.05, 0.1) is 5.69 Å². The van der Waals surface area contributed by atoms with E-state index in [1.165, 1.54) is 23.2 Å². The molecule has 1 N–H and O–H groups in total. The number of hydrogen-bond donors (Lipinski definition) is 1. The van der Waals surface area contributed by atoms with Crippen LogP contribution in [0.15, 0.2) is 32.3 Å². The molecule has 0 atom stereocenters. The number of aryl methyl sites for hydroxylation is 2. The van der Waals surface area contributed by atoms with Gasteiger partial charge in [-0.2, -0.15) is 4.98 Å². The highest BCUT2D eigenvalue weighted by Gasteiger charge is 2.20. The van der Waals surface area contributed by atoms with Crippen molar-refractivity contribution >= 4 is 50.3 Å². The molecule has 26 heavy (non-hydrogen) atoms. The number of carbonyl (C=O) groups is 1. The van der Waals surface area contributed by atoms with E-state index in [4.69, 9.17) is 11.6 Å². The molecule has 0 radical (unpaired) electrons. The van der Waals surface area contributed by atoms with E-state index in [0.717, 1.165) is 14.6 Å². The lowest BCUT2D eigenvalue weighted by Crippen LogP contribution is -2.37. The van der Waals surface area contributed by atoms with Crippen LogP contribution >= 0.6 is 27.5 Å². The van der Waals surface area contributed by atoms with Crippen molar-refractivity contribution in [2.24, 2.45) is 14.1 Å². The van der Waals surface area contributed by atoms with Crippen LogP contribution in [0.3, 0.4) is 0 Å². The van der Waals surface area contributed by atoms with E-state index in [-0.39, 0.29) is 28.9 Å². The van der Waals surface area contributed by atoms with Gasteiger partial charge >= 0.3 is 5.69 Å². The first-order valence-electron chi connectivity index (χ1n) is 7.58. The van der Waals surface area contributed by atoms with Crippen LogP contribution in [-0.4, -0.2) is 24.6 Å². The van der Waals surface area contributed by atoms with E-state index in [1.54, 1.807) is 6.07 Å². The number of amides is 1. The predicted molar refractivity (Wildman–Crippen MR) is 103 cm³/mol. The lowest BCUT2D eigenvalue weighted by Gasteiger charge is -2.10. The summed E-state index contributed by atoms with van der Waals surface area (Å²) in [5.74, 6) is -0.383. The quantitative estimate of drug-likeness (QED) is 0.629. The molecule has 2 aromatic heterocycles. The fourth-order valence-corrected chi connectivity index (χ4v) is 3.44. The summed E-state index contributed by atoms with van der Waals surface area (Å²) in [5, 5.41) is 2.71. The SMILES string of the molecule is Cc1ccc(NC(=O)Cn2c(Cl)nc3c2c(=O)n(C)c(=O)n3C)c(Br)c1. The van der Waals surface area contributed by atoms with Crippen molar-refractivity contribution in [1.29, 1.82) is 0 Å². The van der Waals surface area contributed by atoms with Gasteiger partial charge in [0, 0.05) is 18.6 Å². The van der Waals surface area contributed by atoms with Gasteiger partial charge in [0.15, 0.2) is 11.2 Å². The first-order valence-corrected chi connectivity index (χ1v) is 8.75. The second kappa shape index (κ2) is 6.73. The second-order valence-corrected chi connectivity index (χ2v) is 7.07. The number of hydrogen-bond acceptors (Lipinski definition) is 4. The summed E-state index contributed by atoms with van der Waals surface area (Å²) in [4.78, 5) is 41.0. The summed E-state index contributed by atoms with van der Waals surface area (Å²) in [5.41, 5.74) is 0.790. The van der Waals surface area contributed by atoms with Gasteiger partial charge in [-0.1, -0.05) is 6.07 Å². The third kappa shape index (κ3) is 3.08. The van der Waals surface area contributed by atoms with Gasteiger partial charge in [-0.25, -0.2) is 4.79 Å². The summed E-state index contributed by atoms with van der Waals surface area (Å²) < 4.78 is 4.19. The Morgan fingerprint density at radius 1 is 1.27 bits per heavy atom. The summed E-state index contributed by atoms with van der Waals surface area (Å²) in [7, 11) is 2.85. The van der Waals surface area contributed by atoms with E-state index in [2.05, 4.69) is 26.2 Å². The maximum Gasteiger partial charge on any atom is 0.332 e. The lowest BCUT2D eigenvalue weighted by molar-refractivity contribution is -0.116. The molecule has 1 aromatic carbocycles. The molecule has 0 saturated heterocycles. The number of nitrogens with zero attached hydrogens (tertiary/aromatic N) is 4. The van der Waals surface area contributed by atoms with Gasteiger partial charge in [0.1, 0.15) is 6.54 Å². The molecule has 3 rings (SSSR count). The average molecular weight is 441 g/mol. The van der Waals surface area contributed by atoms with E-state index in [0.29, 0.717) is 5.69 Å². The van der Waals surface area contributed by atoms with Gasteiger partial charge < -0.3 is 5.32 Å². The van der Waals surface area contributed by atoms with Gasteiger partial charge in [-0.05, 0) is 52.2 Å². The molecule has 3 aromatic rings. The van der Waals surface area contributed by atoms with Crippen LogP contribution in [-0.2, 0) is 25.4 Å². The zero-order valence-corrected chi connectivity index (χ0v) is 16.6. The van der Waals surface area contributed by atoms with Crippen LogP contribution < -0.4 is 16.6 Å². The number of fused-ring (bicyclic) bond motifs is 1. The minimum absolute atomic E-state index is 0.0450. The van der Waals surface area contributed by atoms with Crippen molar-refractivity contribution in [2.75, 3.05) is 5.32 Å². The summed E-state index contributed by atoms with van der Waals surface area (Å²) in [6.07, 6.45) is 0. The first-order chi connectivity index (χ1) is 12.2. The molecule has 10 heteroatoms. The number of carbonyl (C=O) groups excluding carboxylic acids is 1. The van der Waals surface area contributed by atoms with Crippen LogP contribution in [0.5, 0.6) is 0 Å². The van der Waals surface area contributed by atoms with Crippen LogP contribution in [0.25, 0.3) is 11.2 Å². The number of nitrogens with one attached hydrogen (secondary N) is 1. The standard InChI is InChI=1S/C16H15BrClN5O3/c1-8-4-5-10(9(17)6-8)19-11(24)7-23-12-13(20-15(23)18)21(2)16(26)22(3)14(12)25/h4-6H,7H2,1-3H3,(H,19,24).